The van der Waals surface area contributed by atoms with Crippen LogP contribution < -0.4 is 66.3 Å². The molecule has 32 heteroatoms. The normalized spacial score (nSPS) is 17.9. The van der Waals surface area contributed by atoms with Crippen molar-refractivity contribution in [2.24, 2.45) is 45.3 Å². The molecule has 3 aliphatic rings. The summed E-state index contributed by atoms with van der Waals surface area (Å²) in [6.45, 7) is 4.63. The minimum Gasteiger partial charge on any atom is -0.480 e. The van der Waals surface area contributed by atoms with E-state index in [1.54, 1.807) is 66.9 Å². The number of hydrogen-bond donors (Lipinski definition) is 14. The van der Waals surface area contributed by atoms with Gasteiger partial charge in [-0.15, -0.1) is 0 Å². The van der Waals surface area contributed by atoms with Gasteiger partial charge < -0.3 is 96.0 Å². The third kappa shape index (κ3) is 23.8. The lowest BCUT2D eigenvalue weighted by molar-refractivity contribution is -0.149. The number of likely N-dealkylation sites (tertiary alicyclic amines) is 3. The number of aromatic nitrogens is 1. The van der Waals surface area contributed by atoms with Crippen LogP contribution in [0.2, 0.25) is 0 Å². The third-order valence-corrected chi connectivity index (χ3v) is 19.3. The van der Waals surface area contributed by atoms with Crippen molar-refractivity contribution in [3.63, 3.8) is 0 Å². The van der Waals surface area contributed by atoms with Gasteiger partial charge in [-0.2, -0.15) is 0 Å². The van der Waals surface area contributed by atoms with Gasteiger partial charge in [0.05, 0.1) is 6.04 Å². The van der Waals surface area contributed by atoms with Gasteiger partial charge in [-0.3, -0.25) is 62.5 Å². The number of aromatic amines is 1. The van der Waals surface area contributed by atoms with E-state index in [9.17, 15) is 57.8 Å². The Bertz CT molecular complexity index is 3720. The van der Waals surface area contributed by atoms with Crippen molar-refractivity contribution in [3.8, 4) is 0 Å². The molecule has 0 unspecified atom stereocenters. The van der Waals surface area contributed by atoms with Crippen molar-refractivity contribution >= 4 is 93.7 Å². The molecule has 20 N–H and O–H groups in total. The average molecular weight is 1460 g/mol. The first-order valence-corrected chi connectivity index (χ1v) is 36.1. The van der Waals surface area contributed by atoms with E-state index < -0.39 is 169 Å². The summed E-state index contributed by atoms with van der Waals surface area (Å²) in [5.74, 6) is -10.6. The highest BCUT2D eigenvalue weighted by molar-refractivity contribution is 6.00. The number of nitrogens with one attached hydrogen (secondary N) is 7. The number of guanidine groups is 1. The van der Waals surface area contributed by atoms with Crippen LogP contribution in [0.5, 0.6) is 0 Å². The van der Waals surface area contributed by atoms with Crippen molar-refractivity contribution in [1.29, 1.82) is 0 Å². The van der Waals surface area contributed by atoms with Crippen LogP contribution in [0.1, 0.15) is 133 Å². The predicted molar refractivity (Wildman–Crippen MR) is 389 cm³/mol. The topological polar surface area (TPSA) is 512 Å². The lowest BCUT2D eigenvalue weighted by atomic mass is 9.99. The minimum absolute atomic E-state index is 0.0601. The van der Waals surface area contributed by atoms with Crippen LogP contribution in [0.3, 0.4) is 0 Å². The Balaban J connectivity index is 1.08. The molecule has 3 aliphatic heterocycles. The Morgan fingerprint density at radius 3 is 1.57 bits per heavy atom. The minimum atomic E-state index is -1.66. The number of nitrogens with two attached hydrogens (primary N) is 6. The van der Waals surface area contributed by atoms with Crippen molar-refractivity contribution in [1.82, 2.24) is 56.5 Å². The van der Waals surface area contributed by atoms with Crippen LogP contribution in [0.15, 0.2) is 96.1 Å². The molecule has 0 saturated carbocycles. The SMILES string of the molecule is CC(C)C[C@@H](C(=O)N[C@@H](Cc1c[nH]c2ccccc12)C(=O)O)N(C)C(=O)[C@H]1CCCN1C(=O)[C@H](Cc1ccccc1)NC(=O)[C@H](Cc1ccccc1)NC(=O)[C@H](CCC(N)=O)NC(=O)[C@H](CCC(N)=O)NC(=O)[C@@H]1CCCN1C(=O)[C@H](CCCCN)NC(=O)[C@@H]1CCCN1C(=O)[C@@H](N)CCCN=C(N)N. The fraction of sp³-hybridized carbons (Fsp3) is 0.534. The Morgan fingerprint density at radius 2 is 1.02 bits per heavy atom. The van der Waals surface area contributed by atoms with E-state index in [1.165, 1.54) is 26.6 Å². The summed E-state index contributed by atoms with van der Waals surface area (Å²) in [4.78, 5) is 196. The zero-order valence-corrected chi connectivity index (χ0v) is 60.0. The summed E-state index contributed by atoms with van der Waals surface area (Å²) >= 11 is 0. The Hall–Kier alpha value is -10.5. The molecule has 1 aromatic heterocycles. The number of likely N-dealkylation sites (N-methyl/N-ethyl adjacent to an activating group) is 1. The largest absolute Gasteiger partial charge is 0.480 e. The Labute approximate surface area is 610 Å². The maximum Gasteiger partial charge on any atom is 0.326 e. The number of amides is 12. The molecule has 32 nitrogen and oxygen atoms in total. The van der Waals surface area contributed by atoms with Gasteiger partial charge in [-0.05, 0) is 125 Å². The number of carbonyl (C=O) groups excluding carboxylic acids is 12. The summed E-state index contributed by atoms with van der Waals surface area (Å²) in [6, 6.07) is 10.5. The number of aliphatic carboxylic acids is 1. The summed E-state index contributed by atoms with van der Waals surface area (Å²) in [5, 5.41) is 27.5. The summed E-state index contributed by atoms with van der Waals surface area (Å²) in [6.07, 6.45) is 3.12. The fourth-order valence-electron chi connectivity index (χ4n) is 13.7. The molecule has 0 radical (unpaired) electrons. The van der Waals surface area contributed by atoms with Gasteiger partial charge >= 0.3 is 5.97 Å². The molecule has 12 amide bonds. The van der Waals surface area contributed by atoms with Gasteiger partial charge in [0.1, 0.15) is 60.4 Å². The van der Waals surface area contributed by atoms with E-state index in [2.05, 4.69) is 41.9 Å². The number of para-hydroxylation sites is 1. The number of H-pyrrole nitrogens is 1. The van der Waals surface area contributed by atoms with E-state index >= 15 is 9.59 Å². The van der Waals surface area contributed by atoms with Gasteiger partial charge in [-0.25, -0.2) is 4.79 Å². The molecule has 4 aromatic rings. The second-order valence-electron chi connectivity index (χ2n) is 27.7. The van der Waals surface area contributed by atoms with Crippen LogP contribution in [0, 0.1) is 5.92 Å². The highest BCUT2D eigenvalue weighted by atomic mass is 16.4. The number of benzene rings is 3. The number of nitrogens with zero attached hydrogens (tertiary/aromatic N) is 5. The Kier molecular flexibility index (Phi) is 31.1. The molecule has 4 heterocycles. The first-order valence-electron chi connectivity index (χ1n) is 36.1. The molecule has 0 spiro atoms. The first-order chi connectivity index (χ1) is 50.1. The molecular weight excluding hydrogens is 1350 g/mol. The summed E-state index contributed by atoms with van der Waals surface area (Å²) in [7, 11) is 1.43. The number of carbonyl (C=O) groups is 13. The van der Waals surface area contributed by atoms with Crippen molar-refractivity contribution in [2.45, 2.75) is 202 Å². The van der Waals surface area contributed by atoms with Crippen LogP contribution in [-0.2, 0) is 81.6 Å². The quantitative estimate of drug-likeness (QED) is 0.0145. The standard InChI is InChI=1S/C73H104N18O14/c1-43(2)38-59(67(99)87-55(72(104)105)41-46-42-81-49-24-11-10-22-47(46)49)88(3)71(103)58-28-17-37-91(58)70(102)54(40-45-20-8-5-9-21-45)86-64(96)53(39-44-18-6-4-7-19-44)85-63(95)50(29-31-60(76)92)82-62(94)51(30-32-61(77)93)83-65(97)57-27-16-36-90(57)69(101)52(25-12-13-33-74)84-66(98)56-26-15-35-89(56)68(100)48(75)23-14-34-80-73(78)79/h4-11,18-22,24,42-43,48,50-59,81H,12-17,23,25-41,74-75H2,1-3H3,(H2,76,92)(H2,77,93)(H,82,94)(H,83,97)(H,84,98)(H,85,95)(H,86,96)(H,87,99)(H,104,105)(H4,78,79,80)/t48-,50-,51-,52-,53-,54-,55-,56-,57-,58+,59-/m0/s1. The van der Waals surface area contributed by atoms with Crippen molar-refractivity contribution < 1.29 is 67.4 Å². The third-order valence-electron chi connectivity index (χ3n) is 19.3. The molecule has 3 saturated heterocycles. The average Bonchev–Trinajstić information content (AvgIpc) is 1.75. The molecule has 105 heavy (non-hydrogen) atoms. The number of fused-ring (bicyclic) bond motifs is 1. The van der Waals surface area contributed by atoms with E-state index in [1.807, 2.05) is 38.1 Å². The summed E-state index contributed by atoms with van der Waals surface area (Å²) < 4.78 is 0. The van der Waals surface area contributed by atoms with Gasteiger partial charge in [0.2, 0.25) is 70.9 Å². The van der Waals surface area contributed by atoms with Crippen LogP contribution in [0.4, 0.5) is 0 Å². The van der Waals surface area contributed by atoms with Gasteiger partial charge in [-0.1, -0.05) is 92.7 Å². The Morgan fingerprint density at radius 1 is 0.543 bits per heavy atom. The fourth-order valence-corrected chi connectivity index (χ4v) is 13.7. The van der Waals surface area contributed by atoms with E-state index in [0.717, 1.165) is 10.9 Å². The summed E-state index contributed by atoms with van der Waals surface area (Å²) in [5.41, 5.74) is 36.7. The maximum absolute atomic E-state index is 15.3. The molecular formula is C73H104N18O14. The van der Waals surface area contributed by atoms with Crippen molar-refractivity contribution in [2.75, 3.05) is 39.8 Å². The second-order valence-corrected chi connectivity index (χ2v) is 27.7. The highest BCUT2D eigenvalue weighted by Gasteiger charge is 2.45. The molecule has 570 valence electrons. The van der Waals surface area contributed by atoms with Gasteiger partial charge in [0.15, 0.2) is 5.96 Å². The molecule has 0 aliphatic carbocycles. The van der Waals surface area contributed by atoms with E-state index in [0.29, 0.717) is 61.6 Å². The van der Waals surface area contributed by atoms with E-state index in [-0.39, 0.29) is 96.0 Å². The molecule has 11 atom stereocenters. The number of carboxylic acid groups (broad SMARTS) is 1. The maximum atomic E-state index is 15.3. The molecule has 3 fully saturated rings. The number of unbranched alkanes of at least 4 members (excludes halogenated alkanes) is 1. The van der Waals surface area contributed by atoms with E-state index in [4.69, 9.17) is 34.4 Å². The first kappa shape index (κ1) is 81.8. The molecule has 3 aromatic carbocycles. The van der Waals surface area contributed by atoms with Gasteiger partial charge in [0, 0.05) is 82.4 Å². The second kappa shape index (κ2) is 40.0. The molecule has 0 bridgehead atoms. The number of primary amides is 2. The van der Waals surface area contributed by atoms with Crippen LogP contribution >= 0.6 is 0 Å². The van der Waals surface area contributed by atoms with Crippen LogP contribution in [0.25, 0.3) is 10.9 Å². The monoisotopic (exact) mass is 1460 g/mol. The number of aliphatic imine (C=N–C) groups is 1. The number of carboxylic acids is 1. The number of hydrogen-bond acceptors (Lipinski definition) is 16. The highest BCUT2D eigenvalue weighted by Crippen LogP contribution is 2.27. The predicted octanol–water partition coefficient (Wildman–Crippen LogP) is -0.924. The lowest BCUT2D eigenvalue weighted by Crippen LogP contribution is -2.61. The zero-order chi connectivity index (χ0) is 76.4. The lowest BCUT2D eigenvalue weighted by Gasteiger charge is -2.35. The zero-order valence-electron chi connectivity index (χ0n) is 60.0. The van der Waals surface area contributed by atoms with Gasteiger partial charge in [0.25, 0.3) is 0 Å². The van der Waals surface area contributed by atoms with Crippen LogP contribution in [-0.4, -0.2) is 219 Å². The molecule has 7 rings (SSSR count). The number of rotatable bonds is 40. The smallest absolute Gasteiger partial charge is 0.326 e. The van der Waals surface area contributed by atoms with Crippen molar-refractivity contribution in [3.05, 3.63) is 108 Å².